The lowest BCUT2D eigenvalue weighted by atomic mass is 10.2. The van der Waals surface area contributed by atoms with Crippen molar-refractivity contribution in [2.24, 2.45) is 0 Å². The number of benzene rings is 2. The largest absolute Gasteiger partial charge is 0.312 e. The molecule has 0 spiro atoms. The van der Waals surface area contributed by atoms with Crippen molar-refractivity contribution in [3.05, 3.63) is 80.4 Å². The first-order chi connectivity index (χ1) is 15.1. The number of carbonyl (C=O) groups is 1. The third-order valence-corrected chi connectivity index (χ3v) is 7.65. The summed E-state index contributed by atoms with van der Waals surface area (Å²) in [6.07, 6.45) is 1.54. The molecule has 0 atom stereocenters. The van der Waals surface area contributed by atoms with Crippen LogP contribution in [-0.2, 0) is 10.5 Å². The van der Waals surface area contributed by atoms with E-state index in [1.807, 2.05) is 64.9 Å². The molecule has 0 saturated carbocycles. The van der Waals surface area contributed by atoms with Gasteiger partial charge in [-0.1, -0.05) is 39.8 Å². The van der Waals surface area contributed by atoms with Gasteiger partial charge in [-0.3, -0.25) is 14.2 Å². The molecule has 1 amide bonds. The van der Waals surface area contributed by atoms with Crippen LogP contribution in [0.3, 0.4) is 0 Å². The molecule has 0 bridgehead atoms. The Morgan fingerprint density at radius 3 is 2.45 bits per heavy atom. The summed E-state index contributed by atoms with van der Waals surface area (Å²) in [4.78, 5) is 31.8. The number of anilines is 1. The molecule has 4 aromatic rings. The maximum absolute atomic E-state index is 13.2. The van der Waals surface area contributed by atoms with Gasteiger partial charge in [0.2, 0.25) is 5.91 Å². The molecule has 0 aliphatic carbocycles. The molecule has 8 heteroatoms. The molecule has 1 aliphatic heterocycles. The summed E-state index contributed by atoms with van der Waals surface area (Å²) in [5.74, 6) is 0.862. The van der Waals surface area contributed by atoms with Crippen LogP contribution in [0.5, 0.6) is 0 Å². The summed E-state index contributed by atoms with van der Waals surface area (Å²) >= 11 is 6.40. The van der Waals surface area contributed by atoms with Crippen molar-refractivity contribution in [2.75, 3.05) is 11.4 Å². The number of thiophene rings is 1. The van der Waals surface area contributed by atoms with Gasteiger partial charge in [0.25, 0.3) is 5.56 Å². The summed E-state index contributed by atoms with van der Waals surface area (Å²) in [6, 6.07) is 17.6. The van der Waals surface area contributed by atoms with E-state index in [0.29, 0.717) is 22.0 Å². The Bertz CT molecular complexity index is 1310. The van der Waals surface area contributed by atoms with Crippen molar-refractivity contribution in [1.82, 2.24) is 9.55 Å². The molecule has 31 heavy (non-hydrogen) atoms. The molecule has 0 N–H and O–H groups in total. The first kappa shape index (κ1) is 20.5. The predicted molar refractivity (Wildman–Crippen MR) is 131 cm³/mol. The Kier molecular flexibility index (Phi) is 5.69. The Balaban J connectivity index is 1.45. The molecule has 156 valence electrons. The number of amides is 1. The first-order valence-electron chi connectivity index (χ1n) is 9.88. The van der Waals surface area contributed by atoms with Gasteiger partial charge in [-0.25, -0.2) is 4.98 Å². The van der Waals surface area contributed by atoms with Gasteiger partial charge in [0, 0.05) is 28.9 Å². The molecule has 3 heterocycles. The fourth-order valence-corrected chi connectivity index (χ4v) is 5.64. The van der Waals surface area contributed by atoms with E-state index in [1.54, 1.807) is 4.57 Å². The summed E-state index contributed by atoms with van der Waals surface area (Å²) in [6.45, 7) is 0.789. The highest BCUT2D eigenvalue weighted by Gasteiger charge is 2.21. The number of nitrogens with zero attached hydrogens (tertiary/aromatic N) is 3. The van der Waals surface area contributed by atoms with E-state index in [4.69, 9.17) is 4.98 Å². The fourth-order valence-electron chi connectivity index (χ4n) is 3.65. The van der Waals surface area contributed by atoms with Crippen LogP contribution < -0.4 is 10.5 Å². The molecular formula is C23H18BrN3O2S2. The second-order valence-corrected chi connectivity index (χ2v) is 10.0. The lowest BCUT2D eigenvalue weighted by molar-refractivity contribution is -0.117. The van der Waals surface area contributed by atoms with E-state index in [0.717, 1.165) is 39.9 Å². The van der Waals surface area contributed by atoms with Gasteiger partial charge < -0.3 is 4.90 Å². The molecule has 2 aromatic carbocycles. The number of thioether (sulfide) groups is 1. The summed E-state index contributed by atoms with van der Waals surface area (Å²) in [7, 11) is 0. The Labute approximate surface area is 195 Å². The molecule has 1 saturated heterocycles. The van der Waals surface area contributed by atoms with Crippen molar-refractivity contribution in [3.8, 4) is 5.69 Å². The van der Waals surface area contributed by atoms with E-state index in [2.05, 4.69) is 15.9 Å². The molecule has 1 aliphatic rings. The number of rotatable bonds is 5. The van der Waals surface area contributed by atoms with Gasteiger partial charge in [0.1, 0.15) is 4.70 Å². The minimum Gasteiger partial charge on any atom is -0.312 e. The van der Waals surface area contributed by atoms with Gasteiger partial charge in [-0.15, -0.1) is 11.3 Å². The van der Waals surface area contributed by atoms with Crippen LogP contribution in [0.4, 0.5) is 5.69 Å². The van der Waals surface area contributed by atoms with Crippen molar-refractivity contribution in [3.63, 3.8) is 0 Å². The minimum absolute atomic E-state index is 0.0484. The monoisotopic (exact) mass is 511 g/mol. The zero-order chi connectivity index (χ0) is 21.4. The van der Waals surface area contributed by atoms with Crippen LogP contribution >= 0.6 is 39.0 Å². The molecule has 5 rings (SSSR count). The van der Waals surface area contributed by atoms with Crippen LogP contribution in [0.15, 0.2) is 74.4 Å². The second-order valence-electron chi connectivity index (χ2n) is 7.25. The summed E-state index contributed by atoms with van der Waals surface area (Å²) in [5, 5.41) is 2.56. The van der Waals surface area contributed by atoms with Crippen LogP contribution in [0, 0.1) is 0 Å². The highest BCUT2D eigenvalue weighted by atomic mass is 79.9. The van der Waals surface area contributed by atoms with Crippen LogP contribution in [0.2, 0.25) is 0 Å². The normalized spacial score (nSPS) is 14.0. The van der Waals surface area contributed by atoms with E-state index in [9.17, 15) is 9.59 Å². The van der Waals surface area contributed by atoms with E-state index >= 15 is 0 Å². The quantitative estimate of drug-likeness (QED) is 0.257. The minimum atomic E-state index is -0.0484. The van der Waals surface area contributed by atoms with Gasteiger partial charge in [-0.05, 0) is 59.8 Å². The fraction of sp³-hybridized carbons (Fsp3) is 0.174. The SMILES string of the molecule is O=C1CCCN1c1ccc(CSc2nc3ccsc3c(=O)n2-c2ccc(Br)cc2)cc1. The van der Waals surface area contributed by atoms with Crippen LogP contribution in [0.25, 0.3) is 15.9 Å². The number of fused-ring (bicyclic) bond motifs is 1. The molecule has 2 aromatic heterocycles. The number of hydrogen-bond donors (Lipinski definition) is 0. The smallest absolute Gasteiger partial charge is 0.276 e. The molecule has 5 nitrogen and oxygen atoms in total. The second kappa shape index (κ2) is 8.61. The van der Waals surface area contributed by atoms with Crippen molar-refractivity contribution in [1.29, 1.82) is 0 Å². The average molecular weight is 512 g/mol. The van der Waals surface area contributed by atoms with Gasteiger partial charge in [0.15, 0.2) is 5.16 Å². The van der Waals surface area contributed by atoms with Gasteiger partial charge >= 0.3 is 0 Å². The van der Waals surface area contributed by atoms with Crippen molar-refractivity contribution >= 4 is 60.8 Å². The summed E-state index contributed by atoms with van der Waals surface area (Å²) < 4.78 is 3.31. The number of aromatic nitrogens is 2. The number of hydrogen-bond acceptors (Lipinski definition) is 5. The Hall–Kier alpha value is -2.42. The molecule has 0 radical (unpaired) electrons. The highest BCUT2D eigenvalue weighted by molar-refractivity contribution is 9.10. The van der Waals surface area contributed by atoms with Crippen molar-refractivity contribution < 1.29 is 4.79 Å². The Morgan fingerprint density at radius 1 is 1.00 bits per heavy atom. The van der Waals surface area contributed by atoms with Gasteiger partial charge in [0.05, 0.1) is 11.2 Å². The molecule has 1 fully saturated rings. The standard InChI is InChI=1S/C23H18BrN3O2S2/c24-16-5-9-18(10-6-16)27-22(29)21-19(11-13-30-21)25-23(27)31-14-15-3-7-17(8-4-15)26-12-1-2-20(26)28/h3-11,13H,1-2,12,14H2. The topological polar surface area (TPSA) is 55.2 Å². The third-order valence-electron chi connectivity index (χ3n) is 5.22. The van der Waals surface area contributed by atoms with Crippen molar-refractivity contribution in [2.45, 2.75) is 23.8 Å². The number of carbonyl (C=O) groups excluding carboxylic acids is 1. The third kappa shape index (κ3) is 4.07. The zero-order valence-corrected chi connectivity index (χ0v) is 19.7. The van der Waals surface area contributed by atoms with Gasteiger partial charge in [-0.2, -0.15) is 0 Å². The lowest BCUT2D eigenvalue weighted by Gasteiger charge is -2.16. The highest BCUT2D eigenvalue weighted by Crippen LogP contribution is 2.28. The number of halogens is 1. The predicted octanol–water partition coefficient (Wildman–Crippen LogP) is 5.63. The van der Waals surface area contributed by atoms with Crippen LogP contribution in [-0.4, -0.2) is 22.0 Å². The Morgan fingerprint density at radius 2 is 1.74 bits per heavy atom. The maximum atomic E-state index is 13.2. The molecular weight excluding hydrogens is 494 g/mol. The first-order valence-corrected chi connectivity index (χ1v) is 12.5. The van der Waals surface area contributed by atoms with Crippen LogP contribution in [0.1, 0.15) is 18.4 Å². The van der Waals surface area contributed by atoms with E-state index in [1.165, 1.54) is 23.1 Å². The zero-order valence-electron chi connectivity index (χ0n) is 16.5. The van der Waals surface area contributed by atoms with E-state index in [-0.39, 0.29) is 11.5 Å². The average Bonchev–Trinajstić information content (AvgIpc) is 3.43. The lowest BCUT2D eigenvalue weighted by Crippen LogP contribution is -2.23. The maximum Gasteiger partial charge on any atom is 0.276 e. The molecule has 0 unspecified atom stereocenters. The van der Waals surface area contributed by atoms with E-state index < -0.39 is 0 Å². The summed E-state index contributed by atoms with van der Waals surface area (Å²) in [5.41, 5.74) is 3.53.